The summed E-state index contributed by atoms with van der Waals surface area (Å²) in [5, 5.41) is 5.97. The van der Waals surface area contributed by atoms with Crippen molar-refractivity contribution in [2.24, 2.45) is 11.8 Å². The van der Waals surface area contributed by atoms with Gasteiger partial charge >= 0.3 is 0 Å². The van der Waals surface area contributed by atoms with Crippen LogP contribution in [0, 0.1) is 11.8 Å². The average Bonchev–Trinajstić information content (AvgIpc) is 2.62. The van der Waals surface area contributed by atoms with E-state index in [1.807, 2.05) is 11.3 Å². The van der Waals surface area contributed by atoms with E-state index in [-0.39, 0.29) is 0 Å². The first-order valence-electron chi connectivity index (χ1n) is 5.96. The Morgan fingerprint density at radius 2 is 2.13 bits per heavy atom. The first-order chi connectivity index (χ1) is 7.16. The van der Waals surface area contributed by atoms with Gasteiger partial charge in [0.25, 0.3) is 0 Å². The molecule has 1 N–H and O–H groups in total. The smallest absolute Gasteiger partial charge is 0.0440 e. The van der Waals surface area contributed by atoms with Crippen molar-refractivity contribution < 1.29 is 0 Å². The zero-order chi connectivity index (χ0) is 10.8. The normalized spacial score (nSPS) is 27.7. The van der Waals surface area contributed by atoms with Gasteiger partial charge in [-0.05, 0) is 36.1 Å². The minimum Gasteiger partial charge on any atom is -0.306 e. The highest BCUT2D eigenvalue weighted by molar-refractivity contribution is 7.10. The minimum atomic E-state index is 0.558. The Kier molecular flexibility index (Phi) is 3.47. The summed E-state index contributed by atoms with van der Waals surface area (Å²) in [7, 11) is 0. The Balaban J connectivity index is 1.95. The third-order valence-electron chi connectivity index (χ3n) is 3.31. The van der Waals surface area contributed by atoms with Crippen molar-refractivity contribution in [2.75, 3.05) is 0 Å². The van der Waals surface area contributed by atoms with Crippen molar-refractivity contribution >= 4 is 11.3 Å². The van der Waals surface area contributed by atoms with Gasteiger partial charge in [0.05, 0.1) is 0 Å². The molecule has 1 aromatic heterocycles. The molecule has 84 valence electrons. The number of hydrogen-bond acceptors (Lipinski definition) is 2. The molecule has 1 unspecified atom stereocenters. The number of nitrogens with one attached hydrogen (secondary N) is 1. The molecular weight excluding hydrogens is 202 g/mol. The second-order valence-electron chi connectivity index (χ2n) is 5.18. The molecule has 2 rings (SSSR count). The van der Waals surface area contributed by atoms with Gasteiger partial charge < -0.3 is 5.32 Å². The van der Waals surface area contributed by atoms with Gasteiger partial charge in [-0.25, -0.2) is 0 Å². The molecule has 15 heavy (non-hydrogen) atoms. The number of hydrogen-bond donors (Lipinski definition) is 1. The predicted octanol–water partition coefficient (Wildman–Crippen LogP) is 3.83. The fourth-order valence-corrected chi connectivity index (χ4v) is 3.32. The van der Waals surface area contributed by atoms with Crippen LogP contribution in [0.15, 0.2) is 17.5 Å². The van der Waals surface area contributed by atoms with E-state index in [1.54, 1.807) is 0 Å². The van der Waals surface area contributed by atoms with Crippen molar-refractivity contribution in [1.82, 2.24) is 5.32 Å². The Hall–Kier alpha value is -0.340. The summed E-state index contributed by atoms with van der Waals surface area (Å²) in [5.41, 5.74) is 0. The van der Waals surface area contributed by atoms with Crippen molar-refractivity contribution in [3.8, 4) is 0 Å². The van der Waals surface area contributed by atoms with E-state index in [0.717, 1.165) is 12.0 Å². The summed E-state index contributed by atoms with van der Waals surface area (Å²) in [6.45, 7) is 6.95. The molecular formula is C13H21NS. The van der Waals surface area contributed by atoms with E-state index in [0.29, 0.717) is 12.0 Å². The van der Waals surface area contributed by atoms with E-state index in [4.69, 9.17) is 0 Å². The number of thiophene rings is 1. The largest absolute Gasteiger partial charge is 0.306 e. The van der Waals surface area contributed by atoms with Crippen LogP contribution < -0.4 is 5.32 Å². The molecule has 0 amide bonds. The third-order valence-corrected chi connectivity index (χ3v) is 4.26. The van der Waals surface area contributed by atoms with Crippen LogP contribution in [0.1, 0.15) is 44.5 Å². The lowest BCUT2D eigenvalue weighted by molar-refractivity contribution is 0.207. The molecule has 2 heteroatoms. The second-order valence-corrected chi connectivity index (χ2v) is 6.16. The summed E-state index contributed by atoms with van der Waals surface area (Å²) in [4.78, 5) is 1.49. The summed E-state index contributed by atoms with van der Waals surface area (Å²) in [6.07, 6.45) is 2.71. The highest BCUT2D eigenvalue weighted by Crippen LogP contribution is 2.32. The van der Waals surface area contributed by atoms with Gasteiger partial charge in [0.1, 0.15) is 0 Å². The van der Waals surface area contributed by atoms with Gasteiger partial charge in [0.2, 0.25) is 0 Å². The highest BCUT2D eigenvalue weighted by Gasteiger charge is 2.29. The van der Waals surface area contributed by atoms with Gasteiger partial charge in [-0.3, -0.25) is 0 Å². The van der Waals surface area contributed by atoms with Crippen LogP contribution in [0.5, 0.6) is 0 Å². The molecule has 0 aromatic carbocycles. The van der Waals surface area contributed by atoms with E-state index < -0.39 is 0 Å². The Morgan fingerprint density at radius 1 is 1.40 bits per heavy atom. The van der Waals surface area contributed by atoms with Crippen molar-refractivity contribution in [3.05, 3.63) is 22.4 Å². The standard InChI is InChI=1S/C13H21NS/c1-9(2)13(12-5-4-6-15-12)14-11-7-10(3)8-11/h4-6,9-11,13-14H,7-8H2,1-3H3. The zero-order valence-electron chi connectivity index (χ0n) is 9.86. The predicted molar refractivity (Wildman–Crippen MR) is 67.2 cm³/mol. The lowest BCUT2D eigenvalue weighted by atomic mass is 9.81. The van der Waals surface area contributed by atoms with Gasteiger partial charge in [0, 0.05) is 17.0 Å². The molecule has 1 aromatic rings. The summed E-state index contributed by atoms with van der Waals surface area (Å²) in [5.74, 6) is 1.61. The zero-order valence-corrected chi connectivity index (χ0v) is 10.7. The van der Waals surface area contributed by atoms with Crippen LogP contribution in [0.4, 0.5) is 0 Å². The van der Waals surface area contributed by atoms with E-state index in [1.165, 1.54) is 17.7 Å². The summed E-state index contributed by atoms with van der Waals surface area (Å²) in [6, 6.07) is 5.72. The maximum absolute atomic E-state index is 3.80. The quantitative estimate of drug-likeness (QED) is 0.818. The number of rotatable bonds is 4. The fourth-order valence-electron chi connectivity index (χ4n) is 2.36. The molecule has 1 nitrogen and oxygen atoms in total. The molecule has 1 saturated carbocycles. The van der Waals surface area contributed by atoms with Gasteiger partial charge in [-0.15, -0.1) is 11.3 Å². The van der Waals surface area contributed by atoms with Crippen molar-refractivity contribution in [2.45, 2.75) is 45.7 Å². The average molecular weight is 223 g/mol. The van der Waals surface area contributed by atoms with Crippen LogP contribution in [0.2, 0.25) is 0 Å². The Bertz CT molecular complexity index is 285. The molecule has 0 aliphatic heterocycles. The van der Waals surface area contributed by atoms with Crippen molar-refractivity contribution in [1.29, 1.82) is 0 Å². The Labute approximate surface area is 96.9 Å². The molecule has 0 saturated heterocycles. The maximum Gasteiger partial charge on any atom is 0.0440 e. The summed E-state index contributed by atoms with van der Waals surface area (Å²) >= 11 is 1.87. The lowest BCUT2D eigenvalue weighted by Crippen LogP contribution is -2.43. The van der Waals surface area contributed by atoms with Crippen molar-refractivity contribution in [3.63, 3.8) is 0 Å². The lowest BCUT2D eigenvalue weighted by Gasteiger charge is -2.37. The van der Waals surface area contributed by atoms with E-state index in [9.17, 15) is 0 Å². The van der Waals surface area contributed by atoms with E-state index in [2.05, 4.69) is 43.6 Å². The van der Waals surface area contributed by atoms with Gasteiger partial charge in [-0.2, -0.15) is 0 Å². The molecule has 0 radical (unpaired) electrons. The highest BCUT2D eigenvalue weighted by atomic mass is 32.1. The Morgan fingerprint density at radius 3 is 2.60 bits per heavy atom. The maximum atomic E-state index is 3.80. The molecule has 1 aliphatic rings. The molecule has 0 spiro atoms. The first kappa shape index (κ1) is 11.2. The topological polar surface area (TPSA) is 12.0 Å². The van der Waals surface area contributed by atoms with Gasteiger partial charge in [-0.1, -0.05) is 26.8 Å². The minimum absolute atomic E-state index is 0.558. The molecule has 1 fully saturated rings. The summed E-state index contributed by atoms with van der Waals surface area (Å²) < 4.78 is 0. The van der Waals surface area contributed by atoms with Crippen LogP contribution in [0.3, 0.4) is 0 Å². The third kappa shape index (κ3) is 2.61. The molecule has 1 aliphatic carbocycles. The first-order valence-corrected chi connectivity index (χ1v) is 6.84. The molecule has 1 heterocycles. The fraction of sp³-hybridized carbons (Fsp3) is 0.692. The SMILES string of the molecule is CC1CC(NC(c2cccs2)C(C)C)C1. The van der Waals surface area contributed by atoms with Crippen LogP contribution >= 0.6 is 11.3 Å². The molecule has 1 atom stereocenters. The van der Waals surface area contributed by atoms with Crippen LogP contribution in [-0.2, 0) is 0 Å². The molecule has 0 bridgehead atoms. The van der Waals surface area contributed by atoms with Crippen LogP contribution in [0.25, 0.3) is 0 Å². The van der Waals surface area contributed by atoms with E-state index >= 15 is 0 Å². The monoisotopic (exact) mass is 223 g/mol. The second kappa shape index (κ2) is 4.67. The van der Waals surface area contributed by atoms with Gasteiger partial charge in [0.15, 0.2) is 0 Å². The van der Waals surface area contributed by atoms with Crippen LogP contribution in [-0.4, -0.2) is 6.04 Å².